The molecule has 2 aliphatic heterocycles. The van der Waals surface area contributed by atoms with E-state index >= 15 is 0 Å². The van der Waals surface area contributed by atoms with Gasteiger partial charge in [-0.05, 0) is 63.8 Å². The Kier molecular flexibility index (Phi) is 8.40. The molecule has 7 nitrogen and oxygen atoms in total. The van der Waals surface area contributed by atoms with Crippen LogP contribution in [0.2, 0.25) is 0 Å². The lowest BCUT2D eigenvalue weighted by atomic mass is 9.95. The molecule has 2 aromatic rings. The molecule has 0 bridgehead atoms. The zero-order valence-electron chi connectivity index (χ0n) is 20.6. The first-order valence-electron chi connectivity index (χ1n) is 12.5. The van der Waals surface area contributed by atoms with Gasteiger partial charge in [-0.25, -0.2) is 0 Å². The minimum Gasteiger partial charge on any atom is -0.490 e. The van der Waals surface area contributed by atoms with Crippen LogP contribution in [0.25, 0.3) is 0 Å². The van der Waals surface area contributed by atoms with Gasteiger partial charge in [-0.15, -0.1) is 0 Å². The molecule has 2 saturated heterocycles. The van der Waals surface area contributed by atoms with E-state index < -0.39 is 0 Å². The molecule has 2 fully saturated rings. The van der Waals surface area contributed by atoms with Crippen LogP contribution in [0.4, 0.5) is 0 Å². The van der Waals surface area contributed by atoms with Gasteiger partial charge in [0.25, 0.3) is 5.91 Å². The number of carbonyl (C=O) groups excluding carboxylic acids is 1. The highest BCUT2D eigenvalue weighted by Gasteiger charge is 2.28. The summed E-state index contributed by atoms with van der Waals surface area (Å²) in [6.07, 6.45) is 6.18. The zero-order chi connectivity index (χ0) is 23.9. The Hall–Kier alpha value is -2.64. The third kappa shape index (κ3) is 6.48. The van der Waals surface area contributed by atoms with Crippen molar-refractivity contribution in [3.05, 3.63) is 53.9 Å². The second-order valence-corrected chi connectivity index (χ2v) is 9.46. The van der Waals surface area contributed by atoms with Crippen LogP contribution in [0.15, 0.2) is 42.7 Å². The fourth-order valence-electron chi connectivity index (χ4n) is 4.97. The number of pyridine rings is 1. The van der Waals surface area contributed by atoms with E-state index in [4.69, 9.17) is 14.2 Å². The van der Waals surface area contributed by atoms with E-state index in [1.807, 2.05) is 42.2 Å². The number of carbonyl (C=O) groups is 1. The van der Waals surface area contributed by atoms with E-state index in [9.17, 15) is 4.79 Å². The Balaban J connectivity index is 1.33. The van der Waals surface area contributed by atoms with Crippen molar-refractivity contribution in [2.75, 3.05) is 39.3 Å². The average molecular weight is 468 g/mol. The second kappa shape index (κ2) is 11.7. The Labute approximate surface area is 203 Å². The van der Waals surface area contributed by atoms with Crippen LogP contribution in [0, 0.1) is 5.92 Å². The van der Waals surface area contributed by atoms with Crippen molar-refractivity contribution >= 4 is 5.91 Å². The molecule has 2 atom stereocenters. The number of rotatable bonds is 8. The average Bonchev–Trinajstić information content (AvgIpc) is 2.83. The molecule has 1 aromatic heterocycles. The summed E-state index contributed by atoms with van der Waals surface area (Å²) in [5.74, 6) is 1.92. The van der Waals surface area contributed by atoms with Gasteiger partial charge in [-0.2, -0.15) is 0 Å². The highest BCUT2D eigenvalue weighted by Crippen LogP contribution is 2.30. The molecule has 0 N–H and O–H groups in total. The van der Waals surface area contributed by atoms with Gasteiger partial charge in [-0.1, -0.05) is 6.07 Å². The first-order chi connectivity index (χ1) is 16.5. The molecular weight excluding hydrogens is 430 g/mol. The molecule has 0 radical (unpaired) electrons. The maximum atomic E-state index is 13.2. The number of morpholine rings is 1. The van der Waals surface area contributed by atoms with Crippen LogP contribution in [-0.4, -0.2) is 72.2 Å². The Bertz CT molecular complexity index is 921. The number of benzene rings is 1. The summed E-state index contributed by atoms with van der Waals surface area (Å²) < 4.78 is 17.6. The van der Waals surface area contributed by atoms with Crippen LogP contribution >= 0.6 is 0 Å². The monoisotopic (exact) mass is 467 g/mol. The lowest BCUT2D eigenvalue weighted by molar-refractivity contribution is -0.0728. The SMILES string of the molecule is CCOc1cc(C(=O)N2CCC(CN3CC(C)OC(C)C3)CC2)ccc1OCc1cccnc1. The normalized spacial score (nSPS) is 21.9. The molecule has 1 amide bonds. The van der Waals surface area contributed by atoms with E-state index in [1.165, 1.54) is 0 Å². The predicted octanol–water partition coefficient (Wildman–Crippen LogP) is 4.02. The van der Waals surface area contributed by atoms with Crippen LogP contribution in [0.1, 0.15) is 49.5 Å². The van der Waals surface area contributed by atoms with Crippen molar-refractivity contribution in [1.29, 1.82) is 0 Å². The summed E-state index contributed by atoms with van der Waals surface area (Å²) >= 11 is 0. The van der Waals surface area contributed by atoms with Crippen LogP contribution in [0.3, 0.4) is 0 Å². The van der Waals surface area contributed by atoms with Gasteiger partial charge in [0.05, 0.1) is 18.8 Å². The van der Waals surface area contributed by atoms with E-state index in [0.717, 1.165) is 51.1 Å². The van der Waals surface area contributed by atoms with Gasteiger partial charge in [0.1, 0.15) is 6.61 Å². The maximum absolute atomic E-state index is 13.2. The fourth-order valence-corrected chi connectivity index (χ4v) is 4.97. The summed E-state index contributed by atoms with van der Waals surface area (Å²) in [7, 11) is 0. The van der Waals surface area contributed by atoms with Gasteiger partial charge < -0.3 is 19.1 Å². The lowest BCUT2D eigenvalue weighted by Crippen LogP contribution is -2.48. The minimum absolute atomic E-state index is 0.0619. The fraction of sp³-hybridized carbons (Fsp3) is 0.556. The largest absolute Gasteiger partial charge is 0.490 e. The number of likely N-dealkylation sites (tertiary alicyclic amines) is 1. The van der Waals surface area contributed by atoms with E-state index in [-0.39, 0.29) is 5.91 Å². The number of aromatic nitrogens is 1. The number of hydrogen-bond acceptors (Lipinski definition) is 6. The molecule has 0 saturated carbocycles. The van der Waals surface area contributed by atoms with Crippen molar-refractivity contribution in [2.45, 2.75) is 52.4 Å². The standard InChI is InChI=1S/C27H37N3O4/c1-4-32-26-14-24(7-8-25(26)33-19-23-6-5-11-28-15-23)27(31)30-12-9-22(10-13-30)18-29-16-20(2)34-21(3)17-29/h5-8,11,14-15,20-22H,4,9-10,12-13,16-19H2,1-3H3. The number of piperidine rings is 1. The van der Waals surface area contributed by atoms with E-state index in [0.29, 0.717) is 48.4 Å². The first kappa shape index (κ1) is 24.5. The van der Waals surface area contributed by atoms with Crippen molar-refractivity contribution in [3.8, 4) is 11.5 Å². The van der Waals surface area contributed by atoms with Crippen LogP contribution in [-0.2, 0) is 11.3 Å². The third-order valence-electron chi connectivity index (χ3n) is 6.52. The van der Waals surface area contributed by atoms with Gasteiger partial charge in [0.15, 0.2) is 11.5 Å². The van der Waals surface area contributed by atoms with Crippen LogP contribution < -0.4 is 9.47 Å². The summed E-state index contributed by atoms with van der Waals surface area (Å²) in [5.41, 5.74) is 1.63. The molecule has 2 unspecified atom stereocenters. The lowest BCUT2D eigenvalue weighted by Gasteiger charge is -2.39. The van der Waals surface area contributed by atoms with E-state index in [2.05, 4.69) is 23.7 Å². The van der Waals surface area contributed by atoms with Crippen molar-refractivity contribution in [2.24, 2.45) is 5.92 Å². The minimum atomic E-state index is 0.0619. The summed E-state index contributed by atoms with van der Waals surface area (Å²) in [5, 5.41) is 0. The molecule has 1 aromatic carbocycles. The zero-order valence-corrected chi connectivity index (χ0v) is 20.6. The van der Waals surface area contributed by atoms with Crippen LogP contribution in [0.5, 0.6) is 11.5 Å². The second-order valence-electron chi connectivity index (χ2n) is 9.46. The highest BCUT2D eigenvalue weighted by molar-refractivity contribution is 5.95. The quantitative estimate of drug-likeness (QED) is 0.584. The Morgan fingerprint density at radius 3 is 2.53 bits per heavy atom. The van der Waals surface area contributed by atoms with Gasteiger partial charge in [-0.3, -0.25) is 14.7 Å². The Morgan fingerprint density at radius 2 is 1.85 bits per heavy atom. The summed E-state index contributed by atoms with van der Waals surface area (Å²) in [6, 6.07) is 9.34. The number of hydrogen-bond donors (Lipinski definition) is 0. The topological polar surface area (TPSA) is 64.1 Å². The smallest absolute Gasteiger partial charge is 0.253 e. The summed E-state index contributed by atoms with van der Waals surface area (Å²) in [6.45, 7) is 11.8. The molecule has 2 aliphatic rings. The molecule has 4 rings (SSSR count). The molecule has 7 heteroatoms. The maximum Gasteiger partial charge on any atom is 0.253 e. The van der Waals surface area contributed by atoms with Crippen molar-refractivity contribution in [3.63, 3.8) is 0 Å². The van der Waals surface area contributed by atoms with Crippen molar-refractivity contribution in [1.82, 2.24) is 14.8 Å². The third-order valence-corrected chi connectivity index (χ3v) is 6.52. The summed E-state index contributed by atoms with van der Waals surface area (Å²) in [4.78, 5) is 21.8. The van der Waals surface area contributed by atoms with E-state index in [1.54, 1.807) is 12.4 Å². The molecule has 0 aliphatic carbocycles. The number of nitrogens with zero attached hydrogens (tertiary/aromatic N) is 3. The van der Waals surface area contributed by atoms with Gasteiger partial charge in [0, 0.05) is 56.2 Å². The van der Waals surface area contributed by atoms with Crippen molar-refractivity contribution < 1.29 is 19.0 Å². The Morgan fingerprint density at radius 1 is 1.09 bits per heavy atom. The molecule has 3 heterocycles. The number of amides is 1. The number of ether oxygens (including phenoxy) is 3. The molecule has 34 heavy (non-hydrogen) atoms. The molecule has 184 valence electrons. The highest BCUT2D eigenvalue weighted by atomic mass is 16.5. The molecule has 0 spiro atoms. The first-order valence-corrected chi connectivity index (χ1v) is 12.5. The van der Waals surface area contributed by atoms with Gasteiger partial charge in [0.2, 0.25) is 0 Å². The predicted molar refractivity (Wildman–Crippen MR) is 131 cm³/mol. The van der Waals surface area contributed by atoms with Gasteiger partial charge >= 0.3 is 0 Å². The molecular formula is C27H37N3O4.